The van der Waals surface area contributed by atoms with Gasteiger partial charge in [-0.25, -0.2) is 4.79 Å². The van der Waals surface area contributed by atoms with Gasteiger partial charge < -0.3 is 18.6 Å². The summed E-state index contributed by atoms with van der Waals surface area (Å²) < 4.78 is 21.4. The molecule has 1 aromatic carbocycles. The van der Waals surface area contributed by atoms with Gasteiger partial charge in [0.05, 0.1) is 25.2 Å². The van der Waals surface area contributed by atoms with Crippen LogP contribution in [0.15, 0.2) is 22.6 Å². The minimum atomic E-state index is -0.519. The van der Waals surface area contributed by atoms with Crippen molar-refractivity contribution in [3.8, 4) is 11.5 Å². The molecule has 5 nitrogen and oxygen atoms in total. The maximum absolute atomic E-state index is 11.5. The maximum Gasteiger partial charge on any atom is 0.373 e. The Bertz CT molecular complexity index is 612. The van der Waals surface area contributed by atoms with E-state index in [0.717, 1.165) is 5.39 Å². The first kappa shape index (κ1) is 14.2. The Labute approximate surface area is 117 Å². The van der Waals surface area contributed by atoms with E-state index in [-0.39, 0.29) is 11.9 Å². The number of fused-ring (bicyclic) bond motifs is 1. The molecule has 5 heteroatoms. The lowest BCUT2D eigenvalue weighted by atomic mass is 10.2. The molecule has 0 spiro atoms. The normalized spacial score (nSPS) is 10.8. The third kappa shape index (κ3) is 2.87. The highest BCUT2D eigenvalue weighted by molar-refractivity contribution is 5.95. The number of furan rings is 1. The fourth-order valence-corrected chi connectivity index (χ4v) is 1.89. The molecule has 0 aliphatic rings. The molecule has 0 saturated heterocycles. The zero-order chi connectivity index (χ0) is 14.7. The van der Waals surface area contributed by atoms with Crippen LogP contribution in [-0.4, -0.2) is 25.8 Å². The third-order valence-electron chi connectivity index (χ3n) is 2.63. The Morgan fingerprint density at radius 1 is 1.30 bits per heavy atom. The van der Waals surface area contributed by atoms with E-state index in [9.17, 15) is 4.79 Å². The number of benzene rings is 1. The Morgan fingerprint density at radius 3 is 2.65 bits per heavy atom. The molecule has 0 radical (unpaired) electrons. The number of rotatable bonds is 5. The van der Waals surface area contributed by atoms with Crippen LogP contribution in [0, 0.1) is 0 Å². The van der Waals surface area contributed by atoms with Gasteiger partial charge in [-0.3, -0.25) is 0 Å². The summed E-state index contributed by atoms with van der Waals surface area (Å²) in [7, 11) is 1.31. The highest BCUT2D eigenvalue weighted by Crippen LogP contribution is 2.34. The molecular weight excluding hydrogens is 260 g/mol. The highest BCUT2D eigenvalue weighted by atomic mass is 16.5. The van der Waals surface area contributed by atoms with Crippen molar-refractivity contribution in [3.05, 3.63) is 24.0 Å². The Morgan fingerprint density at radius 2 is 2.05 bits per heavy atom. The first-order valence-electron chi connectivity index (χ1n) is 6.50. The average Bonchev–Trinajstić information content (AvgIpc) is 2.81. The lowest BCUT2D eigenvalue weighted by molar-refractivity contribution is 0.0567. The van der Waals surface area contributed by atoms with Crippen LogP contribution >= 0.6 is 0 Å². The van der Waals surface area contributed by atoms with E-state index in [2.05, 4.69) is 4.74 Å². The summed E-state index contributed by atoms with van der Waals surface area (Å²) in [5, 5.41) is 0.725. The predicted octanol–water partition coefficient (Wildman–Crippen LogP) is 3.41. The smallest absolute Gasteiger partial charge is 0.373 e. The zero-order valence-corrected chi connectivity index (χ0v) is 12.1. The summed E-state index contributed by atoms with van der Waals surface area (Å²) in [5.41, 5.74) is 0.534. The van der Waals surface area contributed by atoms with Gasteiger partial charge in [0, 0.05) is 18.2 Å². The minimum absolute atomic E-state index is 0.00607. The van der Waals surface area contributed by atoms with E-state index >= 15 is 0 Å². The fraction of sp³-hybridized carbons (Fsp3) is 0.400. The lowest BCUT2D eigenvalue weighted by Gasteiger charge is -2.12. The molecule has 1 heterocycles. The van der Waals surface area contributed by atoms with E-state index in [1.807, 2.05) is 20.8 Å². The summed E-state index contributed by atoms with van der Waals surface area (Å²) >= 11 is 0. The van der Waals surface area contributed by atoms with Crippen LogP contribution in [0.25, 0.3) is 11.0 Å². The molecule has 20 heavy (non-hydrogen) atoms. The quantitative estimate of drug-likeness (QED) is 0.784. The largest absolute Gasteiger partial charge is 0.494 e. The van der Waals surface area contributed by atoms with Gasteiger partial charge in [-0.05, 0) is 20.8 Å². The van der Waals surface area contributed by atoms with Crippen molar-refractivity contribution >= 4 is 16.9 Å². The first-order chi connectivity index (χ1) is 9.55. The van der Waals surface area contributed by atoms with E-state index in [0.29, 0.717) is 23.7 Å². The van der Waals surface area contributed by atoms with Crippen LogP contribution in [0.2, 0.25) is 0 Å². The molecular formula is C15H18O5. The van der Waals surface area contributed by atoms with Crippen molar-refractivity contribution in [2.24, 2.45) is 0 Å². The van der Waals surface area contributed by atoms with E-state index in [1.165, 1.54) is 7.11 Å². The van der Waals surface area contributed by atoms with Crippen LogP contribution in [0.1, 0.15) is 31.3 Å². The molecule has 2 aromatic rings. The van der Waals surface area contributed by atoms with Gasteiger partial charge in [0.1, 0.15) is 17.1 Å². The lowest BCUT2D eigenvalue weighted by Crippen LogP contribution is -2.06. The minimum Gasteiger partial charge on any atom is -0.494 e. The number of ether oxygens (including phenoxy) is 3. The van der Waals surface area contributed by atoms with Crippen molar-refractivity contribution in [2.45, 2.75) is 26.9 Å². The van der Waals surface area contributed by atoms with Gasteiger partial charge in [-0.15, -0.1) is 0 Å². The molecule has 0 amide bonds. The second-order valence-electron chi connectivity index (χ2n) is 4.54. The molecule has 0 aliphatic heterocycles. The van der Waals surface area contributed by atoms with Crippen LogP contribution in [-0.2, 0) is 4.74 Å². The van der Waals surface area contributed by atoms with Gasteiger partial charge in [0.2, 0.25) is 5.76 Å². The van der Waals surface area contributed by atoms with Gasteiger partial charge in [0.15, 0.2) is 0 Å². The summed E-state index contributed by atoms with van der Waals surface area (Å²) in [6.45, 7) is 6.30. The molecule has 0 aliphatic carbocycles. The number of carbonyl (C=O) groups is 1. The van der Waals surface area contributed by atoms with E-state index in [4.69, 9.17) is 13.9 Å². The molecule has 1 aromatic heterocycles. The van der Waals surface area contributed by atoms with Crippen molar-refractivity contribution in [1.82, 2.24) is 0 Å². The van der Waals surface area contributed by atoms with Crippen LogP contribution in [0.5, 0.6) is 11.5 Å². The monoisotopic (exact) mass is 278 g/mol. The van der Waals surface area contributed by atoms with Crippen molar-refractivity contribution in [1.29, 1.82) is 0 Å². The summed E-state index contributed by atoms with van der Waals surface area (Å²) in [6, 6.07) is 5.15. The highest BCUT2D eigenvalue weighted by Gasteiger charge is 2.17. The number of methoxy groups -OCH3 is 1. The Hall–Kier alpha value is -2.17. The molecule has 2 rings (SSSR count). The summed E-state index contributed by atoms with van der Waals surface area (Å²) in [6.07, 6.45) is 0.00607. The second kappa shape index (κ2) is 5.86. The first-order valence-corrected chi connectivity index (χ1v) is 6.50. The van der Waals surface area contributed by atoms with Crippen LogP contribution < -0.4 is 9.47 Å². The molecule has 0 fully saturated rings. The molecule has 108 valence electrons. The molecule has 0 atom stereocenters. The van der Waals surface area contributed by atoms with Crippen molar-refractivity contribution in [3.63, 3.8) is 0 Å². The van der Waals surface area contributed by atoms with Gasteiger partial charge in [-0.2, -0.15) is 0 Å². The van der Waals surface area contributed by atoms with E-state index in [1.54, 1.807) is 18.2 Å². The summed E-state index contributed by atoms with van der Waals surface area (Å²) in [5.74, 6) is 0.890. The molecule has 0 bridgehead atoms. The fourth-order valence-electron chi connectivity index (χ4n) is 1.89. The predicted molar refractivity (Wildman–Crippen MR) is 74.5 cm³/mol. The Kier molecular flexibility index (Phi) is 4.17. The third-order valence-corrected chi connectivity index (χ3v) is 2.63. The van der Waals surface area contributed by atoms with Gasteiger partial charge in [-0.1, -0.05) is 0 Å². The molecule has 0 unspecified atom stereocenters. The maximum atomic E-state index is 11.5. The van der Waals surface area contributed by atoms with Gasteiger partial charge in [0.25, 0.3) is 0 Å². The zero-order valence-electron chi connectivity index (χ0n) is 12.1. The molecule has 0 N–H and O–H groups in total. The summed E-state index contributed by atoms with van der Waals surface area (Å²) in [4.78, 5) is 11.5. The van der Waals surface area contributed by atoms with Crippen molar-refractivity contribution < 1.29 is 23.4 Å². The number of hydrogen-bond acceptors (Lipinski definition) is 5. The molecule has 0 saturated carbocycles. The van der Waals surface area contributed by atoms with Crippen LogP contribution in [0.3, 0.4) is 0 Å². The van der Waals surface area contributed by atoms with E-state index < -0.39 is 5.97 Å². The number of carbonyl (C=O) groups excluding carboxylic acids is 1. The van der Waals surface area contributed by atoms with Crippen molar-refractivity contribution in [2.75, 3.05) is 13.7 Å². The number of esters is 1. The standard InChI is InChI=1S/C15H18O5/c1-5-18-10-6-12(19-9(2)3)11-8-14(15(16)17-4)20-13(11)7-10/h6-9H,5H2,1-4H3. The average molecular weight is 278 g/mol. The number of hydrogen-bond donors (Lipinski definition) is 0. The Balaban J connectivity index is 2.54. The SMILES string of the molecule is CCOc1cc(OC(C)C)c2cc(C(=O)OC)oc2c1. The topological polar surface area (TPSA) is 57.9 Å². The van der Waals surface area contributed by atoms with Crippen LogP contribution in [0.4, 0.5) is 0 Å². The second-order valence-corrected chi connectivity index (χ2v) is 4.54. The van der Waals surface area contributed by atoms with Gasteiger partial charge >= 0.3 is 5.97 Å².